The van der Waals surface area contributed by atoms with Crippen LogP contribution >= 0.6 is 11.6 Å². The van der Waals surface area contributed by atoms with Gasteiger partial charge in [-0.25, -0.2) is 4.98 Å². The molecule has 0 saturated carbocycles. The number of halogens is 3. The van der Waals surface area contributed by atoms with Crippen molar-refractivity contribution in [3.05, 3.63) is 22.0 Å². The van der Waals surface area contributed by atoms with Crippen LogP contribution in [0.2, 0.25) is 5.02 Å². The minimum Gasteiger partial charge on any atom is -0.369 e. The Labute approximate surface area is 140 Å². The number of piperidine rings is 1. The zero-order valence-electron chi connectivity index (χ0n) is 13.9. The molecule has 3 nitrogen and oxygen atoms in total. The molecule has 1 aliphatic heterocycles. The van der Waals surface area contributed by atoms with Gasteiger partial charge in [-0.05, 0) is 32.6 Å². The number of aromatic amines is 1. The van der Waals surface area contributed by atoms with Crippen molar-refractivity contribution in [2.24, 2.45) is 5.92 Å². The van der Waals surface area contributed by atoms with E-state index in [9.17, 15) is 8.78 Å². The zero-order chi connectivity index (χ0) is 16.9. The summed E-state index contributed by atoms with van der Waals surface area (Å²) in [5, 5.41) is 0.428. The number of fused-ring (bicyclic) bond motifs is 1. The van der Waals surface area contributed by atoms with Crippen molar-refractivity contribution in [2.45, 2.75) is 46.5 Å². The lowest BCUT2D eigenvalue weighted by Crippen LogP contribution is -2.35. The quantitative estimate of drug-likeness (QED) is 0.816. The summed E-state index contributed by atoms with van der Waals surface area (Å²) in [6.45, 7) is 8.40. The molecule has 6 heteroatoms. The maximum atomic E-state index is 14.1. The zero-order valence-corrected chi connectivity index (χ0v) is 14.7. The smallest absolute Gasteiger partial charge is 0.287 e. The number of H-pyrrole nitrogens is 1. The van der Waals surface area contributed by atoms with Crippen molar-refractivity contribution in [1.29, 1.82) is 0 Å². The number of alkyl halides is 2. The summed E-state index contributed by atoms with van der Waals surface area (Å²) in [7, 11) is 0. The van der Waals surface area contributed by atoms with Crippen molar-refractivity contribution in [3.63, 3.8) is 0 Å². The highest BCUT2D eigenvalue weighted by Crippen LogP contribution is 2.41. The number of rotatable bonds is 2. The van der Waals surface area contributed by atoms with Crippen LogP contribution in [-0.4, -0.2) is 23.1 Å². The van der Waals surface area contributed by atoms with Gasteiger partial charge in [0, 0.05) is 31.3 Å². The Morgan fingerprint density at radius 1 is 1.35 bits per heavy atom. The SMILES string of the molecule is Cc1[nH]c2c(N3CCC[C@@H](C)C3)c(C)c(C(C)(F)F)nc2c1Cl. The topological polar surface area (TPSA) is 31.9 Å². The van der Waals surface area contributed by atoms with Gasteiger partial charge < -0.3 is 9.88 Å². The first-order valence-electron chi connectivity index (χ1n) is 8.01. The van der Waals surface area contributed by atoms with Crippen molar-refractivity contribution in [2.75, 3.05) is 18.0 Å². The van der Waals surface area contributed by atoms with E-state index < -0.39 is 5.92 Å². The fourth-order valence-electron chi connectivity index (χ4n) is 3.58. The summed E-state index contributed by atoms with van der Waals surface area (Å²) in [6, 6.07) is 0. The maximum Gasteiger partial charge on any atom is 0.287 e. The Morgan fingerprint density at radius 3 is 2.65 bits per heavy atom. The van der Waals surface area contributed by atoms with Gasteiger partial charge in [0.05, 0.1) is 16.2 Å². The number of aromatic nitrogens is 2. The van der Waals surface area contributed by atoms with E-state index in [0.717, 1.165) is 43.3 Å². The van der Waals surface area contributed by atoms with Crippen LogP contribution < -0.4 is 4.90 Å². The summed E-state index contributed by atoms with van der Waals surface area (Å²) < 4.78 is 28.1. The van der Waals surface area contributed by atoms with E-state index >= 15 is 0 Å². The molecule has 1 saturated heterocycles. The Balaban J connectivity index is 2.29. The van der Waals surface area contributed by atoms with Gasteiger partial charge in [-0.3, -0.25) is 0 Å². The average molecular weight is 342 g/mol. The summed E-state index contributed by atoms with van der Waals surface area (Å²) in [6.07, 6.45) is 2.24. The van der Waals surface area contributed by atoms with E-state index in [4.69, 9.17) is 11.6 Å². The lowest BCUT2D eigenvalue weighted by atomic mass is 9.98. The lowest BCUT2D eigenvalue weighted by Gasteiger charge is -2.34. The molecule has 3 heterocycles. The molecule has 1 atom stereocenters. The first kappa shape index (κ1) is 16.5. The summed E-state index contributed by atoms with van der Waals surface area (Å²) in [4.78, 5) is 9.65. The van der Waals surface area contributed by atoms with Gasteiger partial charge in [-0.1, -0.05) is 18.5 Å². The van der Waals surface area contributed by atoms with Crippen LogP contribution in [0, 0.1) is 19.8 Å². The van der Waals surface area contributed by atoms with Crippen LogP contribution in [0.3, 0.4) is 0 Å². The largest absolute Gasteiger partial charge is 0.369 e. The van der Waals surface area contributed by atoms with Gasteiger partial charge in [0.25, 0.3) is 5.92 Å². The lowest BCUT2D eigenvalue weighted by molar-refractivity contribution is 0.0124. The van der Waals surface area contributed by atoms with Crippen LogP contribution in [0.25, 0.3) is 11.0 Å². The van der Waals surface area contributed by atoms with E-state index in [2.05, 4.69) is 21.8 Å². The Kier molecular flexibility index (Phi) is 4.03. The maximum absolute atomic E-state index is 14.1. The molecule has 3 rings (SSSR count). The third kappa shape index (κ3) is 2.80. The molecule has 2 aromatic rings. The third-order valence-corrected chi connectivity index (χ3v) is 5.11. The first-order valence-corrected chi connectivity index (χ1v) is 8.39. The van der Waals surface area contributed by atoms with Crippen LogP contribution in [0.5, 0.6) is 0 Å². The highest BCUT2D eigenvalue weighted by atomic mass is 35.5. The molecule has 0 amide bonds. The van der Waals surface area contributed by atoms with E-state index in [1.807, 2.05) is 6.92 Å². The number of nitrogens with zero attached hydrogens (tertiary/aromatic N) is 2. The number of nitrogens with one attached hydrogen (secondary N) is 1. The van der Waals surface area contributed by atoms with Crippen molar-refractivity contribution >= 4 is 28.3 Å². The fraction of sp³-hybridized carbons (Fsp3) is 0.588. The molecular formula is C17H22ClF2N3. The van der Waals surface area contributed by atoms with Crippen molar-refractivity contribution in [3.8, 4) is 0 Å². The molecule has 1 aliphatic rings. The Hall–Kier alpha value is -1.36. The first-order chi connectivity index (χ1) is 10.7. The average Bonchev–Trinajstić information content (AvgIpc) is 2.72. The van der Waals surface area contributed by atoms with Crippen LogP contribution in [0.4, 0.5) is 14.5 Å². The third-order valence-electron chi connectivity index (χ3n) is 4.65. The molecule has 0 aliphatic carbocycles. The molecule has 0 radical (unpaired) electrons. The van der Waals surface area contributed by atoms with Crippen molar-refractivity contribution < 1.29 is 8.78 Å². The van der Waals surface area contributed by atoms with Crippen LogP contribution in [0.15, 0.2) is 0 Å². The normalized spacial score (nSPS) is 19.6. The second-order valence-corrected chi connectivity index (χ2v) is 7.18. The summed E-state index contributed by atoms with van der Waals surface area (Å²) in [5.74, 6) is -2.45. The molecule has 0 spiro atoms. The van der Waals surface area contributed by atoms with E-state index in [-0.39, 0.29) is 5.69 Å². The molecule has 0 aromatic carbocycles. The van der Waals surface area contributed by atoms with Crippen LogP contribution in [-0.2, 0) is 5.92 Å². The van der Waals surface area contributed by atoms with Crippen molar-refractivity contribution in [1.82, 2.24) is 9.97 Å². The Morgan fingerprint density at radius 2 is 2.04 bits per heavy atom. The monoisotopic (exact) mass is 341 g/mol. The number of hydrogen-bond donors (Lipinski definition) is 1. The van der Waals surface area contributed by atoms with Gasteiger partial charge >= 0.3 is 0 Å². The van der Waals surface area contributed by atoms with Gasteiger partial charge in [-0.2, -0.15) is 8.78 Å². The number of hydrogen-bond acceptors (Lipinski definition) is 2. The second-order valence-electron chi connectivity index (χ2n) is 6.80. The van der Waals surface area contributed by atoms with Gasteiger partial charge in [0.15, 0.2) is 0 Å². The Bertz CT molecular complexity index is 749. The molecule has 126 valence electrons. The summed E-state index contributed by atoms with van der Waals surface area (Å²) in [5.41, 5.74) is 3.16. The molecular weight excluding hydrogens is 320 g/mol. The number of anilines is 1. The predicted octanol–water partition coefficient (Wildman–Crippen LogP) is 5.18. The minimum absolute atomic E-state index is 0.181. The number of aryl methyl sites for hydroxylation is 1. The number of pyridine rings is 1. The summed E-state index contributed by atoms with van der Waals surface area (Å²) >= 11 is 6.30. The minimum atomic E-state index is -3.00. The highest BCUT2D eigenvalue weighted by Gasteiger charge is 2.33. The van der Waals surface area contributed by atoms with E-state index in [1.54, 1.807) is 6.92 Å². The molecule has 2 aromatic heterocycles. The molecule has 23 heavy (non-hydrogen) atoms. The fourth-order valence-corrected chi connectivity index (χ4v) is 3.76. The highest BCUT2D eigenvalue weighted by molar-refractivity contribution is 6.36. The molecule has 0 unspecified atom stereocenters. The van der Waals surface area contributed by atoms with E-state index in [0.29, 0.717) is 22.0 Å². The van der Waals surface area contributed by atoms with Crippen LogP contribution in [0.1, 0.15) is 43.6 Å². The second kappa shape index (κ2) is 5.62. The molecule has 1 N–H and O–H groups in total. The molecule has 1 fully saturated rings. The standard InChI is InChI=1S/C17H22ClF2N3/c1-9-6-5-7-23(8-9)15-10(2)16(17(4,19)20)22-13-12(18)11(3)21-14(13)15/h9,21H,5-8H2,1-4H3/t9-/m1/s1. The van der Waals surface area contributed by atoms with E-state index in [1.165, 1.54) is 6.42 Å². The van der Waals surface area contributed by atoms with Gasteiger partial charge in [0.1, 0.15) is 11.2 Å². The molecule has 0 bridgehead atoms. The van der Waals surface area contributed by atoms with Gasteiger partial charge in [-0.15, -0.1) is 0 Å². The van der Waals surface area contributed by atoms with Gasteiger partial charge in [0.2, 0.25) is 0 Å². The predicted molar refractivity (Wildman–Crippen MR) is 90.8 cm³/mol.